The summed E-state index contributed by atoms with van der Waals surface area (Å²) in [5.41, 5.74) is 0.966. The van der Waals surface area contributed by atoms with Crippen LogP contribution in [0.5, 0.6) is 0 Å². The molecule has 1 aromatic rings. The number of hydrogen-bond donors (Lipinski definition) is 1. The van der Waals surface area contributed by atoms with Gasteiger partial charge in [0, 0.05) is 17.9 Å². The molecule has 0 aliphatic carbocycles. The third-order valence-corrected chi connectivity index (χ3v) is 5.12. The molecule has 2 rings (SSSR count). The maximum absolute atomic E-state index is 10.9. The van der Waals surface area contributed by atoms with Gasteiger partial charge in [-0.2, -0.15) is 8.42 Å². The molecule has 2 N–H and O–H groups in total. The minimum atomic E-state index is -3.96. The van der Waals surface area contributed by atoms with Crippen LogP contribution in [0.1, 0.15) is 38.7 Å². The van der Waals surface area contributed by atoms with Gasteiger partial charge < -0.3 is 9.47 Å². The minimum absolute atomic E-state index is 0.0462. The van der Waals surface area contributed by atoms with E-state index in [0.29, 0.717) is 30.7 Å². The van der Waals surface area contributed by atoms with E-state index >= 15 is 0 Å². The van der Waals surface area contributed by atoms with Crippen LogP contribution in [0.2, 0.25) is 5.02 Å². The number of rotatable bonds is 8. The second-order valence-corrected chi connectivity index (χ2v) is 7.46. The van der Waals surface area contributed by atoms with Gasteiger partial charge in [0.2, 0.25) is 0 Å². The van der Waals surface area contributed by atoms with Crippen molar-refractivity contribution in [3.8, 4) is 0 Å². The van der Waals surface area contributed by atoms with Gasteiger partial charge in [0.15, 0.2) is 5.79 Å². The average molecular weight is 378 g/mol. The maximum atomic E-state index is 10.9. The summed E-state index contributed by atoms with van der Waals surface area (Å²) in [4.78, 5) is 0. The van der Waals surface area contributed by atoms with Crippen molar-refractivity contribution in [2.75, 3.05) is 6.61 Å². The molecule has 0 spiro atoms. The number of ether oxygens (including phenoxy) is 2. The molecule has 136 valence electrons. The van der Waals surface area contributed by atoms with Crippen molar-refractivity contribution < 1.29 is 22.1 Å². The SMILES string of the molecule is CCC1(CC)O[C@@H](CCOS(N)(=O)=O)[C@H](Cc2ccccc2Cl)O1. The monoisotopic (exact) mass is 377 g/mol. The highest BCUT2D eigenvalue weighted by molar-refractivity contribution is 7.84. The molecule has 1 fully saturated rings. The van der Waals surface area contributed by atoms with Crippen LogP contribution in [0.25, 0.3) is 0 Å². The Balaban J connectivity index is 2.10. The predicted octanol–water partition coefficient (Wildman–Crippen LogP) is 2.79. The van der Waals surface area contributed by atoms with Crippen LogP contribution in [-0.2, 0) is 30.4 Å². The quantitative estimate of drug-likeness (QED) is 0.752. The highest BCUT2D eigenvalue weighted by atomic mass is 35.5. The summed E-state index contributed by atoms with van der Waals surface area (Å²) in [7, 11) is -3.96. The van der Waals surface area contributed by atoms with Gasteiger partial charge in [-0.15, -0.1) is 0 Å². The standard InChI is InChI=1S/C16H24ClNO5S/c1-3-16(4-2)22-14(9-10-21-24(18,19)20)15(23-16)11-12-7-5-6-8-13(12)17/h5-8,14-15H,3-4,9-11H2,1-2H3,(H2,18,19,20)/t14-,15-/m0/s1. The number of hydrogen-bond acceptors (Lipinski definition) is 5. The highest BCUT2D eigenvalue weighted by Crippen LogP contribution is 2.37. The smallest absolute Gasteiger partial charge is 0.333 e. The summed E-state index contributed by atoms with van der Waals surface area (Å²) in [6.45, 7) is 3.95. The molecule has 0 bridgehead atoms. The third-order valence-electron chi connectivity index (χ3n) is 4.25. The van der Waals surface area contributed by atoms with Crippen molar-refractivity contribution in [2.45, 2.75) is 57.5 Å². The maximum Gasteiger partial charge on any atom is 0.333 e. The molecule has 1 aromatic carbocycles. The Morgan fingerprint density at radius 3 is 2.42 bits per heavy atom. The second kappa shape index (κ2) is 8.12. The minimum Gasteiger partial charge on any atom is -0.344 e. The Hall–Kier alpha value is -0.700. The molecule has 0 aromatic heterocycles. The van der Waals surface area contributed by atoms with E-state index in [1.54, 1.807) is 0 Å². The van der Waals surface area contributed by atoms with Crippen LogP contribution >= 0.6 is 11.6 Å². The molecule has 1 heterocycles. The largest absolute Gasteiger partial charge is 0.344 e. The fraction of sp³-hybridized carbons (Fsp3) is 0.625. The molecule has 0 saturated carbocycles. The summed E-state index contributed by atoms with van der Waals surface area (Å²) in [5.74, 6) is -0.655. The van der Waals surface area contributed by atoms with Gasteiger partial charge in [-0.25, -0.2) is 5.14 Å². The first-order valence-corrected chi connectivity index (χ1v) is 9.89. The van der Waals surface area contributed by atoms with Crippen molar-refractivity contribution >= 4 is 21.9 Å². The Kier molecular flexibility index (Phi) is 6.64. The molecule has 6 nitrogen and oxygen atoms in total. The molecule has 8 heteroatoms. The molecule has 1 aliphatic rings. The lowest BCUT2D eigenvalue weighted by Crippen LogP contribution is -2.29. The van der Waals surface area contributed by atoms with Crippen molar-refractivity contribution in [3.05, 3.63) is 34.9 Å². The molecule has 0 amide bonds. The van der Waals surface area contributed by atoms with E-state index in [1.807, 2.05) is 38.1 Å². The summed E-state index contributed by atoms with van der Waals surface area (Å²) in [5, 5.41) is 5.54. The Morgan fingerprint density at radius 1 is 1.21 bits per heavy atom. The van der Waals surface area contributed by atoms with E-state index in [2.05, 4.69) is 4.18 Å². The molecule has 0 radical (unpaired) electrons. The van der Waals surface area contributed by atoms with Gasteiger partial charge >= 0.3 is 10.3 Å². The van der Waals surface area contributed by atoms with Gasteiger partial charge in [-0.05, 0) is 24.5 Å². The first kappa shape index (κ1) is 19.6. The lowest BCUT2D eigenvalue weighted by Gasteiger charge is -2.25. The van der Waals surface area contributed by atoms with Crippen LogP contribution < -0.4 is 5.14 Å². The molecule has 1 aliphatic heterocycles. The fourth-order valence-corrected chi connectivity index (χ4v) is 3.44. The van der Waals surface area contributed by atoms with Crippen LogP contribution in [0.4, 0.5) is 0 Å². The predicted molar refractivity (Wildman–Crippen MR) is 91.9 cm³/mol. The summed E-state index contributed by atoms with van der Waals surface area (Å²) < 4.78 is 38.8. The number of benzene rings is 1. The average Bonchev–Trinajstić information content (AvgIpc) is 2.87. The van der Waals surface area contributed by atoms with Crippen LogP contribution in [-0.4, -0.2) is 33.0 Å². The lowest BCUT2D eigenvalue weighted by molar-refractivity contribution is -0.179. The van der Waals surface area contributed by atoms with Gasteiger partial charge in [0.05, 0.1) is 18.8 Å². The topological polar surface area (TPSA) is 87.9 Å². The normalized spacial score (nSPS) is 23.5. The van der Waals surface area contributed by atoms with Crippen molar-refractivity contribution in [1.82, 2.24) is 0 Å². The third kappa shape index (κ3) is 5.15. The van der Waals surface area contributed by atoms with Gasteiger partial charge in [0.25, 0.3) is 0 Å². The Morgan fingerprint density at radius 2 is 1.83 bits per heavy atom. The van der Waals surface area contributed by atoms with E-state index in [1.165, 1.54) is 0 Å². The van der Waals surface area contributed by atoms with Crippen molar-refractivity contribution in [1.29, 1.82) is 0 Å². The molecule has 0 unspecified atom stereocenters. The molecule has 1 saturated heterocycles. The van der Waals surface area contributed by atoms with E-state index in [4.69, 9.17) is 26.2 Å². The van der Waals surface area contributed by atoms with Crippen LogP contribution in [0.15, 0.2) is 24.3 Å². The Labute approximate surface area is 148 Å². The number of nitrogens with two attached hydrogens (primary N) is 1. The molecule has 24 heavy (non-hydrogen) atoms. The van der Waals surface area contributed by atoms with E-state index < -0.39 is 16.1 Å². The molecular weight excluding hydrogens is 354 g/mol. The zero-order chi connectivity index (χ0) is 17.8. The van der Waals surface area contributed by atoms with Crippen molar-refractivity contribution in [3.63, 3.8) is 0 Å². The molecule has 2 atom stereocenters. The summed E-state index contributed by atoms with van der Waals surface area (Å²) in [6, 6.07) is 7.57. The zero-order valence-corrected chi connectivity index (χ0v) is 15.5. The van der Waals surface area contributed by atoms with Gasteiger partial charge in [-0.1, -0.05) is 43.6 Å². The summed E-state index contributed by atoms with van der Waals surface area (Å²) >= 11 is 6.24. The first-order chi connectivity index (χ1) is 11.3. The highest BCUT2D eigenvalue weighted by Gasteiger charge is 2.45. The van der Waals surface area contributed by atoms with Crippen LogP contribution in [0, 0.1) is 0 Å². The van der Waals surface area contributed by atoms with Gasteiger partial charge in [-0.3, -0.25) is 4.18 Å². The zero-order valence-electron chi connectivity index (χ0n) is 13.9. The van der Waals surface area contributed by atoms with Crippen molar-refractivity contribution in [2.24, 2.45) is 5.14 Å². The van der Waals surface area contributed by atoms with E-state index in [-0.39, 0.29) is 18.8 Å². The Bertz CT molecular complexity index is 648. The number of halogens is 1. The summed E-state index contributed by atoms with van der Waals surface area (Å²) in [6.07, 6.45) is 1.84. The second-order valence-electron chi connectivity index (χ2n) is 5.83. The van der Waals surface area contributed by atoms with E-state index in [9.17, 15) is 8.42 Å². The fourth-order valence-electron chi connectivity index (χ4n) is 2.89. The molecular formula is C16H24ClNO5S. The first-order valence-electron chi connectivity index (χ1n) is 8.05. The lowest BCUT2D eigenvalue weighted by atomic mass is 10.0. The van der Waals surface area contributed by atoms with Gasteiger partial charge in [0.1, 0.15) is 0 Å². The van der Waals surface area contributed by atoms with E-state index in [0.717, 1.165) is 5.56 Å². The van der Waals surface area contributed by atoms with Crippen LogP contribution in [0.3, 0.4) is 0 Å².